The number of carbonyl (C=O) groups excluding carboxylic acids is 2. The number of imide groups is 1. The normalized spacial score (nSPS) is 10.9. The van der Waals surface area contributed by atoms with Crippen molar-refractivity contribution in [3.8, 4) is 0 Å². The molecule has 0 rings (SSSR count). The smallest absolute Gasteiger partial charge is 0.321 e. The van der Waals surface area contributed by atoms with Crippen molar-refractivity contribution < 1.29 is 19.5 Å². The van der Waals surface area contributed by atoms with Crippen molar-refractivity contribution in [2.75, 3.05) is 6.54 Å². The van der Waals surface area contributed by atoms with Crippen LogP contribution in [-0.2, 0) is 9.59 Å². The largest absolute Gasteiger partial charge is 0.481 e. The molecule has 3 N–H and O–H groups in total. The van der Waals surface area contributed by atoms with Gasteiger partial charge in [0.2, 0.25) is 5.91 Å². The second-order valence-electron chi connectivity index (χ2n) is 5.75. The number of hydrogen-bond acceptors (Lipinski definition) is 3. The average molecular weight is 286 g/mol. The topological polar surface area (TPSA) is 95.5 Å². The van der Waals surface area contributed by atoms with Gasteiger partial charge in [0.1, 0.15) is 0 Å². The summed E-state index contributed by atoms with van der Waals surface area (Å²) in [4.78, 5) is 33.0. The van der Waals surface area contributed by atoms with Crippen molar-refractivity contribution >= 4 is 17.9 Å². The van der Waals surface area contributed by atoms with Crippen molar-refractivity contribution in [1.29, 1.82) is 0 Å². The first-order valence-corrected chi connectivity index (χ1v) is 7.06. The molecule has 0 radical (unpaired) electrons. The molecule has 0 aliphatic carbocycles. The van der Waals surface area contributed by atoms with E-state index in [1.54, 1.807) is 0 Å². The van der Waals surface area contributed by atoms with Crippen LogP contribution < -0.4 is 10.6 Å². The molecular weight excluding hydrogens is 260 g/mol. The zero-order valence-corrected chi connectivity index (χ0v) is 12.6. The van der Waals surface area contributed by atoms with Gasteiger partial charge in [0.05, 0.1) is 6.42 Å². The third-order valence-corrected chi connectivity index (χ3v) is 3.00. The van der Waals surface area contributed by atoms with E-state index >= 15 is 0 Å². The standard InChI is InChI=1S/C14H26N2O4/c1-4-5-6-9-14(2,3)10-15-13(20)16-11(17)7-8-12(18)19/h4-10H2,1-3H3,(H,18,19)(H2,15,16,17,20). The first-order valence-electron chi connectivity index (χ1n) is 7.06. The van der Waals surface area contributed by atoms with Gasteiger partial charge in [-0.2, -0.15) is 0 Å². The minimum absolute atomic E-state index is 0.0172. The Bertz CT molecular complexity index is 340. The number of aliphatic carboxylic acids is 1. The molecule has 0 aromatic heterocycles. The highest BCUT2D eigenvalue weighted by molar-refractivity contribution is 5.95. The van der Waals surface area contributed by atoms with E-state index in [1.807, 2.05) is 0 Å². The van der Waals surface area contributed by atoms with Gasteiger partial charge >= 0.3 is 12.0 Å². The maximum atomic E-state index is 11.5. The molecule has 0 saturated carbocycles. The fourth-order valence-electron chi connectivity index (χ4n) is 1.72. The van der Waals surface area contributed by atoms with Gasteiger partial charge in [0.15, 0.2) is 0 Å². The van der Waals surface area contributed by atoms with Crippen molar-refractivity contribution in [3.63, 3.8) is 0 Å². The monoisotopic (exact) mass is 286 g/mol. The van der Waals surface area contributed by atoms with Gasteiger partial charge in [0.25, 0.3) is 0 Å². The molecule has 0 fully saturated rings. The Balaban J connectivity index is 3.91. The Kier molecular flexibility index (Phi) is 8.59. The predicted octanol–water partition coefficient (Wildman–Crippen LogP) is 2.28. The number of unbranched alkanes of at least 4 members (excludes halogenated alkanes) is 2. The first-order chi connectivity index (χ1) is 9.26. The van der Waals surface area contributed by atoms with E-state index in [1.165, 1.54) is 6.42 Å². The number of nitrogens with one attached hydrogen (secondary N) is 2. The summed E-state index contributed by atoms with van der Waals surface area (Å²) in [6.07, 6.45) is 3.98. The van der Waals surface area contributed by atoms with E-state index in [2.05, 4.69) is 31.4 Å². The van der Waals surface area contributed by atoms with Crippen LogP contribution in [0.1, 0.15) is 59.3 Å². The molecule has 0 atom stereocenters. The quantitative estimate of drug-likeness (QED) is 0.567. The summed E-state index contributed by atoms with van der Waals surface area (Å²) in [6, 6.07) is -0.566. The third-order valence-electron chi connectivity index (χ3n) is 3.00. The molecular formula is C14H26N2O4. The zero-order chi connectivity index (χ0) is 15.6. The summed E-state index contributed by atoms with van der Waals surface area (Å²) < 4.78 is 0. The number of amides is 3. The van der Waals surface area contributed by atoms with Crippen LogP contribution in [-0.4, -0.2) is 29.6 Å². The number of rotatable bonds is 9. The highest BCUT2D eigenvalue weighted by atomic mass is 16.4. The van der Waals surface area contributed by atoms with Crippen LogP contribution in [0.4, 0.5) is 4.79 Å². The number of hydrogen-bond donors (Lipinski definition) is 3. The third kappa shape index (κ3) is 10.3. The minimum Gasteiger partial charge on any atom is -0.481 e. The van der Waals surface area contributed by atoms with E-state index in [9.17, 15) is 14.4 Å². The van der Waals surface area contributed by atoms with Crippen molar-refractivity contribution in [1.82, 2.24) is 10.6 Å². The molecule has 6 nitrogen and oxygen atoms in total. The fraction of sp³-hybridized carbons (Fsp3) is 0.786. The molecule has 0 aromatic carbocycles. The fourth-order valence-corrected chi connectivity index (χ4v) is 1.72. The Morgan fingerprint density at radius 2 is 1.75 bits per heavy atom. The Morgan fingerprint density at radius 1 is 1.10 bits per heavy atom. The lowest BCUT2D eigenvalue weighted by molar-refractivity contribution is -0.138. The first kappa shape index (κ1) is 18.4. The van der Waals surface area contributed by atoms with Crippen LogP contribution in [0.5, 0.6) is 0 Å². The Hall–Kier alpha value is -1.59. The van der Waals surface area contributed by atoms with Gasteiger partial charge in [-0.3, -0.25) is 14.9 Å². The second-order valence-corrected chi connectivity index (χ2v) is 5.75. The molecule has 0 aromatic rings. The molecule has 0 bridgehead atoms. The maximum absolute atomic E-state index is 11.5. The van der Waals surface area contributed by atoms with Gasteiger partial charge in [0, 0.05) is 13.0 Å². The highest BCUT2D eigenvalue weighted by Crippen LogP contribution is 2.22. The summed E-state index contributed by atoms with van der Waals surface area (Å²) in [6.45, 7) is 6.75. The Morgan fingerprint density at radius 3 is 2.30 bits per heavy atom. The summed E-state index contributed by atoms with van der Waals surface area (Å²) in [5, 5.41) is 13.2. The average Bonchev–Trinajstić information content (AvgIpc) is 2.34. The molecule has 3 amide bonds. The molecule has 0 unspecified atom stereocenters. The predicted molar refractivity (Wildman–Crippen MR) is 76.3 cm³/mol. The molecule has 0 aliphatic rings. The lowest BCUT2D eigenvalue weighted by Gasteiger charge is -2.24. The van der Waals surface area contributed by atoms with Crippen LogP contribution in [0, 0.1) is 5.41 Å². The lowest BCUT2D eigenvalue weighted by Crippen LogP contribution is -2.43. The van der Waals surface area contributed by atoms with Gasteiger partial charge in [-0.1, -0.05) is 40.0 Å². The zero-order valence-electron chi connectivity index (χ0n) is 12.6. The molecule has 0 heterocycles. The van der Waals surface area contributed by atoms with Crippen molar-refractivity contribution in [3.05, 3.63) is 0 Å². The van der Waals surface area contributed by atoms with E-state index in [0.717, 1.165) is 19.3 Å². The summed E-state index contributed by atoms with van der Waals surface area (Å²) in [5.74, 6) is -1.63. The molecule has 6 heteroatoms. The van der Waals surface area contributed by atoms with Crippen LogP contribution in [0.25, 0.3) is 0 Å². The summed E-state index contributed by atoms with van der Waals surface area (Å²) >= 11 is 0. The molecule has 0 saturated heterocycles. The van der Waals surface area contributed by atoms with E-state index in [-0.39, 0.29) is 18.3 Å². The van der Waals surface area contributed by atoms with Crippen LogP contribution in [0.3, 0.4) is 0 Å². The molecule has 20 heavy (non-hydrogen) atoms. The highest BCUT2D eigenvalue weighted by Gasteiger charge is 2.19. The number of urea groups is 1. The number of carboxylic acids is 1. The van der Waals surface area contributed by atoms with Crippen LogP contribution in [0.15, 0.2) is 0 Å². The SMILES string of the molecule is CCCCCC(C)(C)CNC(=O)NC(=O)CCC(=O)O. The maximum Gasteiger partial charge on any atom is 0.321 e. The van der Waals surface area contributed by atoms with E-state index in [0.29, 0.717) is 6.54 Å². The van der Waals surface area contributed by atoms with Crippen LogP contribution >= 0.6 is 0 Å². The van der Waals surface area contributed by atoms with Gasteiger partial charge < -0.3 is 10.4 Å². The van der Waals surface area contributed by atoms with Crippen LogP contribution in [0.2, 0.25) is 0 Å². The minimum atomic E-state index is -1.06. The van der Waals surface area contributed by atoms with Gasteiger partial charge in [-0.15, -0.1) is 0 Å². The van der Waals surface area contributed by atoms with Gasteiger partial charge in [-0.25, -0.2) is 4.79 Å². The van der Waals surface area contributed by atoms with Crippen molar-refractivity contribution in [2.24, 2.45) is 5.41 Å². The van der Waals surface area contributed by atoms with Gasteiger partial charge in [-0.05, 0) is 11.8 Å². The van der Waals surface area contributed by atoms with E-state index in [4.69, 9.17) is 5.11 Å². The van der Waals surface area contributed by atoms with Crippen molar-refractivity contribution in [2.45, 2.75) is 59.3 Å². The summed E-state index contributed by atoms with van der Waals surface area (Å²) in [7, 11) is 0. The summed E-state index contributed by atoms with van der Waals surface area (Å²) in [5.41, 5.74) is -0.0172. The molecule has 0 spiro atoms. The Labute approximate surface area is 120 Å². The number of carbonyl (C=O) groups is 3. The second kappa shape index (κ2) is 9.34. The van der Waals surface area contributed by atoms with E-state index < -0.39 is 17.9 Å². The molecule has 116 valence electrons. The molecule has 0 aliphatic heterocycles. The lowest BCUT2D eigenvalue weighted by atomic mass is 9.87. The number of carboxylic acid groups (broad SMARTS) is 1.